The largest absolute Gasteiger partial charge is 0.102 e. The van der Waals surface area contributed by atoms with Gasteiger partial charge in [-0.05, 0) is 69.9 Å². The molecule has 12 atom stereocenters. The van der Waals surface area contributed by atoms with Crippen molar-refractivity contribution in [3.63, 3.8) is 0 Å². The van der Waals surface area contributed by atoms with Crippen molar-refractivity contribution in [1.29, 1.82) is 0 Å². The van der Waals surface area contributed by atoms with E-state index in [0.29, 0.717) is 0 Å². The van der Waals surface area contributed by atoms with Crippen LogP contribution >= 0.6 is 152 Å². The van der Waals surface area contributed by atoms with Crippen LogP contribution < -0.4 is 0 Å². The molecule has 12 unspecified atom stereocenters. The van der Waals surface area contributed by atoms with E-state index in [1.807, 2.05) is 0 Å². The summed E-state index contributed by atoms with van der Waals surface area (Å²) in [4.78, 5) is 0. The molecule has 19 heteroatoms. The van der Waals surface area contributed by atoms with Crippen LogP contribution in [0.4, 0.5) is 0 Å². The average Bonchev–Trinajstić information content (AvgIpc) is 2.22. The fourth-order valence-corrected chi connectivity index (χ4v) is 217. The predicted octanol–water partition coefficient (Wildman–Crippen LogP) is 11.2. The van der Waals surface area contributed by atoms with Gasteiger partial charge in [0.15, 0.2) is 0 Å². The first-order valence-corrected chi connectivity index (χ1v) is 39.0. The van der Waals surface area contributed by atoms with Crippen LogP contribution in [0.2, 0.25) is 0 Å². The van der Waals surface area contributed by atoms with Crippen molar-refractivity contribution in [3.05, 3.63) is 0 Å². The van der Waals surface area contributed by atoms with Gasteiger partial charge in [0.05, 0.1) is 0 Å². The molecule has 0 heterocycles. The van der Waals surface area contributed by atoms with Crippen LogP contribution in [0.25, 0.3) is 0 Å². The summed E-state index contributed by atoms with van der Waals surface area (Å²) < 4.78 is 0. The molecule has 0 aromatic rings. The smallest absolute Gasteiger partial charge is 0.00544 e. The zero-order chi connectivity index (χ0) is 16.2. The van der Waals surface area contributed by atoms with Gasteiger partial charge in [0, 0.05) is 0 Å². The van der Waals surface area contributed by atoms with Crippen LogP contribution in [0.1, 0.15) is 0 Å². The Morgan fingerprint density at radius 1 is 0.400 bits per heavy atom. The van der Waals surface area contributed by atoms with Gasteiger partial charge in [-0.1, -0.05) is 0 Å². The van der Waals surface area contributed by atoms with Gasteiger partial charge in [0.25, 0.3) is 0 Å². The molecule has 0 rings (SSSR count). The summed E-state index contributed by atoms with van der Waals surface area (Å²) in [5, 5.41) is 0. The molecule has 122 valence electrons. The predicted molar refractivity (Wildman–Crippen MR) is 165 cm³/mol. The Bertz CT molecular complexity index is 236. The minimum atomic E-state index is 0.0452. The zero-order valence-electron chi connectivity index (χ0n) is 10.8. The lowest BCUT2D eigenvalue weighted by Gasteiger charge is -2.44. The summed E-state index contributed by atoms with van der Waals surface area (Å²) in [6.07, 6.45) is 0. The lowest BCUT2D eigenvalue weighted by Crippen LogP contribution is -1.60. The SMILES string of the molecule is CP(P(P(P)P)P(P)P)P(P(P)P)P(P(P)P)P(P)P. The molecule has 0 fully saturated rings. The van der Waals surface area contributed by atoms with Gasteiger partial charge in [0.1, 0.15) is 0 Å². The highest BCUT2D eigenvalue weighted by Gasteiger charge is 2.39. The van der Waals surface area contributed by atoms with E-state index in [1.165, 1.54) is 0 Å². The summed E-state index contributed by atoms with van der Waals surface area (Å²) in [5.74, 6) is 0. The molecular weight excluding hydrogens is 601 g/mol. The molecule has 0 aromatic carbocycles. The van der Waals surface area contributed by atoms with E-state index in [2.05, 4.69) is 95.9 Å². The Kier molecular flexibility index (Phi) is 21.2. The molecule has 20 heavy (non-hydrogen) atoms. The van der Waals surface area contributed by atoms with Crippen LogP contribution in [0.3, 0.4) is 0 Å². The molecule has 0 spiro atoms. The third kappa shape index (κ3) is 10.3. The first kappa shape index (κ1) is 28.2. The van der Waals surface area contributed by atoms with Crippen molar-refractivity contribution in [2.45, 2.75) is 0 Å². The summed E-state index contributed by atoms with van der Waals surface area (Å²) >= 11 is 0. The number of hydrogen-bond donors (Lipinski definition) is 0. The molecule has 0 aromatic heterocycles. The maximum absolute atomic E-state index is 3.18. The molecule has 0 saturated carbocycles. The van der Waals surface area contributed by atoms with E-state index in [9.17, 15) is 0 Å². The third-order valence-corrected chi connectivity index (χ3v) is 119. The first-order chi connectivity index (χ1) is 9.02. The van der Waals surface area contributed by atoms with Crippen LogP contribution in [0.15, 0.2) is 0 Å². The van der Waals surface area contributed by atoms with Crippen molar-refractivity contribution in [2.75, 3.05) is 6.66 Å². The zero-order valence-corrected chi connectivity index (χ0v) is 30.4. The Balaban J connectivity index is 5.44. The minimum absolute atomic E-state index is 0.0452. The molecule has 0 aliphatic carbocycles. The fraction of sp³-hybridized carbons (Fsp3) is 1.00. The summed E-state index contributed by atoms with van der Waals surface area (Å²) in [5.41, 5.74) is 0. The second-order valence-electron chi connectivity index (χ2n) is 3.19. The lowest BCUT2D eigenvalue weighted by molar-refractivity contribution is 2.50. The van der Waals surface area contributed by atoms with Gasteiger partial charge in [-0.3, -0.25) is 0 Å². The Labute approximate surface area is 158 Å². The van der Waals surface area contributed by atoms with Gasteiger partial charge >= 0.3 is 0 Å². The van der Waals surface area contributed by atoms with E-state index in [1.54, 1.807) is 0 Å². The second-order valence-corrected chi connectivity index (χ2v) is 79.1. The second kappa shape index (κ2) is 15.0. The maximum atomic E-state index is 3.18. The Morgan fingerprint density at radius 3 is 0.850 bits per heavy atom. The number of hydrogen-bond acceptors (Lipinski definition) is 0. The summed E-state index contributed by atoms with van der Waals surface area (Å²) in [6, 6.07) is 0. The van der Waals surface area contributed by atoms with Gasteiger partial charge in [-0.15, -0.1) is 89.3 Å². The third-order valence-electron chi connectivity index (χ3n) is 1.71. The molecule has 0 aliphatic rings. The minimum Gasteiger partial charge on any atom is -0.102 e. The fourth-order valence-electron chi connectivity index (χ4n) is 1.15. The molecule has 0 nitrogen and oxygen atoms in total. The van der Waals surface area contributed by atoms with E-state index in [4.69, 9.17) is 0 Å². The summed E-state index contributed by atoms with van der Waals surface area (Å²) in [7, 11) is 31.6. The molecule has 0 amide bonds. The van der Waals surface area contributed by atoms with Crippen molar-refractivity contribution >= 4 is 152 Å². The Morgan fingerprint density at radius 2 is 0.650 bits per heavy atom. The van der Waals surface area contributed by atoms with E-state index in [-0.39, 0.29) is 63.2 Å². The quantitative estimate of drug-likeness (QED) is 0.236. The highest BCUT2D eigenvalue weighted by Crippen LogP contribution is 3.26. The van der Waals surface area contributed by atoms with Gasteiger partial charge < -0.3 is 0 Å². The van der Waals surface area contributed by atoms with Crippen LogP contribution in [0.5, 0.6) is 0 Å². The standard InChI is InChI=1S/CH23P19/c1-12(18(13(2)3)14(4)5)19(15(6)7)20(16(8)9)17(10)11/h2-11H2,1H3. The van der Waals surface area contributed by atoms with Crippen LogP contribution in [0, 0.1) is 0 Å². The van der Waals surface area contributed by atoms with Gasteiger partial charge in [-0.25, -0.2) is 0 Å². The topological polar surface area (TPSA) is 0 Å². The van der Waals surface area contributed by atoms with Crippen molar-refractivity contribution in [3.8, 4) is 0 Å². The van der Waals surface area contributed by atoms with Gasteiger partial charge in [0.2, 0.25) is 0 Å². The Hall–Kier alpha value is 8.17. The van der Waals surface area contributed by atoms with E-state index < -0.39 is 0 Å². The van der Waals surface area contributed by atoms with Gasteiger partial charge in [-0.2, -0.15) is 0 Å². The molecule has 0 radical (unpaired) electrons. The van der Waals surface area contributed by atoms with Crippen molar-refractivity contribution < 1.29 is 0 Å². The molecule has 0 saturated heterocycles. The molecule has 0 N–H and O–H groups in total. The highest BCUT2D eigenvalue weighted by atomic mass is 33.3. The molecule has 0 aliphatic heterocycles. The first-order valence-electron chi connectivity index (χ1n) is 4.63. The van der Waals surface area contributed by atoms with E-state index in [0.717, 1.165) is 0 Å². The average molecular weight is 624 g/mol. The maximum Gasteiger partial charge on any atom is -0.00544 e. The van der Waals surface area contributed by atoms with Crippen molar-refractivity contribution in [2.24, 2.45) is 0 Å². The molecule has 0 bridgehead atoms. The molecular formula is CH23P19. The van der Waals surface area contributed by atoms with Crippen LogP contribution in [-0.4, -0.2) is 6.66 Å². The van der Waals surface area contributed by atoms with E-state index >= 15 is 0 Å². The highest BCUT2D eigenvalue weighted by molar-refractivity contribution is 9.30. The normalized spacial score (nSPS) is 16.5. The number of rotatable bonds is 8. The lowest BCUT2D eigenvalue weighted by atomic mass is 12.0. The monoisotopic (exact) mass is 624 g/mol. The summed E-state index contributed by atoms with van der Waals surface area (Å²) in [6.45, 7) is 3.38. The van der Waals surface area contributed by atoms with Crippen molar-refractivity contribution in [1.82, 2.24) is 0 Å². The van der Waals surface area contributed by atoms with Crippen LogP contribution in [-0.2, 0) is 0 Å².